The molecule has 0 radical (unpaired) electrons. The molecule has 30 heavy (non-hydrogen) atoms. The van der Waals surface area contributed by atoms with E-state index in [1.54, 1.807) is 23.1 Å². The summed E-state index contributed by atoms with van der Waals surface area (Å²) in [5.41, 5.74) is 0.715. The maximum atomic E-state index is 13.4. The number of benzene rings is 2. The van der Waals surface area contributed by atoms with Crippen LogP contribution in [-0.4, -0.2) is 39.9 Å². The van der Waals surface area contributed by atoms with E-state index in [0.29, 0.717) is 35.0 Å². The van der Waals surface area contributed by atoms with Gasteiger partial charge < -0.3 is 15.3 Å². The number of fused-ring (bicyclic) bond motifs is 1. The van der Waals surface area contributed by atoms with Crippen molar-refractivity contribution >= 4 is 56.5 Å². The average Bonchev–Trinajstić information content (AvgIpc) is 3.09. The average molecular weight is 510 g/mol. The standard InChI is InChI=1S/C22H19BrCl2N2O3/c1-12(28)26-18-10-22(9-13-2-4-15(23)5-3-13)20(29)19(21(30)27(22)11-18)14-6-16(24)8-17(25)7-14/h2-8,18,29H,9-11H2,1H3,(H,26,28)/t18-,22+/m0/s1. The summed E-state index contributed by atoms with van der Waals surface area (Å²) in [4.78, 5) is 26.7. The van der Waals surface area contributed by atoms with E-state index in [9.17, 15) is 14.7 Å². The molecule has 0 aromatic heterocycles. The molecule has 2 amide bonds. The Hall–Kier alpha value is -2.02. The number of nitrogens with one attached hydrogen (secondary N) is 1. The number of carbonyl (C=O) groups excluding carboxylic acids is 2. The van der Waals surface area contributed by atoms with Crippen molar-refractivity contribution in [3.8, 4) is 0 Å². The predicted octanol–water partition coefficient (Wildman–Crippen LogP) is 4.76. The number of carbonyl (C=O) groups is 2. The highest BCUT2D eigenvalue weighted by atomic mass is 79.9. The molecule has 2 aliphatic rings. The van der Waals surface area contributed by atoms with Gasteiger partial charge in [0.15, 0.2) is 0 Å². The number of rotatable bonds is 4. The first kappa shape index (κ1) is 21.2. The van der Waals surface area contributed by atoms with Crippen LogP contribution in [-0.2, 0) is 16.0 Å². The van der Waals surface area contributed by atoms with E-state index >= 15 is 0 Å². The van der Waals surface area contributed by atoms with Gasteiger partial charge in [0.05, 0.1) is 5.57 Å². The van der Waals surface area contributed by atoms with E-state index in [-0.39, 0.29) is 29.2 Å². The Labute approximate surface area is 192 Å². The zero-order valence-electron chi connectivity index (χ0n) is 16.1. The molecular formula is C22H19BrCl2N2O3. The van der Waals surface area contributed by atoms with Gasteiger partial charge in [-0.15, -0.1) is 0 Å². The van der Waals surface area contributed by atoms with Crippen molar-refractivity contribution < 1.29 is 14.7 Å². The van der Waals surface area contributed by atoms with Gasteiger partial charge in [-0.1, -0.05) is 51.3 Å². The quantitative estimate of drug-likeness (QED) is 0.624. The molecule has 1 saturated heterocycles. The second-order valence-corrected chi connectivity index (χ2v) is 9.52. The second kappa shape index (κ2) is 7.91. The molecule has 0 aliphatic carbocycles. The molecule has 2 atom stereocenters. The van der Waals surface area contributed by atoms with Crippen LogP contribution in [0.25, 0.3) is 5.57 Å². The Morgan fingerprint density at radius 1 is 1.23 bits per heavy atom. The van der Waals surface area contributed by atoms with Crippen LogP contribution in [0, 0.1) is 0 Å². The molecule has 0 unspecified atom stereocenters. The van der Waals surface area contributed by atoms with Gasteiger partial charge in [-0.3, -0.25) is 9.59 Å². The van der Waals surface area contributed by atoms with Gasteiger partial charge >= 0.3 is 0 Å². The molecule has 8 heteroatoms. The summed E-state index contributed by atoms with van der Waals surface area (Å²) < 4.78 is 0.944. The Kier molecular flexibility index (Phi) is 5.60. The first-order valence-corrected chi connectivity index (χ1v) is 11.0. The van der Waals surface area contributed by atoms with Crippen molar-refractivity contribution in [1.29, 1.82) is 0 Å². The van der Waals surface area contributed by atoms with Crippen molar-refractivity contribution in [3.05, 3.63) is 73.9 Å². The van der Waals surface area contributed by atoms with Crippen LogP contribution in [0.3, 0.4) is 0 Å². The minimum atomic E-state index is -0.942. The normalized spacial score (nSPS) is 23.1. The topological polar surface area (TPSA) is 69.6 Å². The molecular weight excluding hydrogens is 491 g/mol. The molecule has 2 heterocycles. The molecule has 2 aromatic rings. The molecule has 2 aliphatic heterocycles. The number of nitrogens with zero attached hydrogens (tertiary/aromatic N) is 1. The summed E-state index contributed by atoms with van der Waals surface area (Å²) in [6.45, 7) is 1.76. The lowest BCUT2D eigenvalue weighted by molar-refractivity contribution is -0.127. The molecule has 4 rings (SSSR count). The summed E-state index contributed by atoms with van der Waals surface area (Å²) >= 11 is 15.7. The van der Waals surface area contributed by atoms with E-state index in [2.05, 4.69) is 21.2 Å². The van der Waals surface area contributed by atoms with Gasteiger partial charge in [-0.25, -0.2) is 0 Å². The van der Waals surface area contributed by atoms with Gasteiger partial charge in [0.25, 0.3) is 5.91 Å². The summed E-state index contributed by atoms with van der Waals surface area (Å²) in [6.07, 6.45) is 0.837. The van der Waals surface area contributed by atoms with Crippen LogP contribution in [0.5, 0.6) is 0 Å². The Morgan fingerprint density at radius 2 is 1.87 bits per heavy atom. The number of aliphatic hydroxyl groups excluding tert-OH is 1. The SMILES string of the molecule is CC(=O)N[C@@H]1CN2C(=O)C(c3cc(Cl)cc(Cl)c3)=C(O)[C@@]2(Cc2ccc(Br)cc2)C1. The zero-order valence-corrected chi connectivity index (χ0v) is 19.2. The molecule has 2 N–H and O–H groups in total. The summed E-state index contributed by atoms with van der Waals surface area (Å²) in [5.74, 6) is -0.477. The van der Waals surface area contributed by atoms with Crippen molar-refractivity contribution in [3.63, 3.8) is 0 Å². The monoisotopic (exact) mass is 508 g/mol. The van der Waals surface area contributed by atoms with Crippen LogP contribution in [0.4, 0.5) is 0 Å². The first-order valence-electron chi connectivity index (χ1n) is 9.43. The van der Waals surface area contributed by atoms with Crippen LogP contribution in [0.2, 0.25) is 10.0 Å². The Morgan fingerprint density at radius 3 is 2.47 bits per heavy atom. The van der Waals surface area contributed by atoms with E-state index in [0.717, 1.165) is 10.0 Å². The molecule has 1 fully saturated rings. The van der Waals surface area contributed by atoms with Crippen LogP contribution in [0.1, 0.15) is 24.5 Å². The second-order valence-electron chi connectivity index (χ2n) is 7.73. The fourth-order valence-electron chi connectivity index (χ4n) is 4.48. The third-order valence-electron chi connectivity index (χ3n) is 5.61. The fraction of sp³-hybridized carbons (Fsp3) is 0.273. The predicted molar refractivity (Wildman–Crippen MR) is 121 cm³/mol. The highest BCUT2D eigenvalue weighted by Crippen LogP contribution is 2.48. The maximum absolute atomic E-state index is 13.4. The van der Waals surface area contributed by atoms with Crippen molar-refractivity contribution in [1.82, 2.24) is 10.2 Å². The molecule has 0 saturated carbocycles. The van der Waals surface area contributed by atoms with Crippen LogP contribution in [0.15, 0.2) is 52.7 Å². The molecule has 5 nitrogen and oxygen atoms in total. The molecule has 0 spiro atoms. The van der Waals surface area contributed by atoms with Gasteiger partial charge in [0, 0.05) is 46.9 Å². The fourth-order valence-corrected chi connectivity index (χ4v) is 5.27. The lowest BCUT2D eigenvalue weighted by Gasteiger charge is -2.32. The van der Waals surface area contributed by atoms with Crippen molar-refractivity contribution in [2.24, 2.45) is 0 Å². The Balaban J connectivity index is 1.81. The van der Waals surface area contributed by atoms with E-state index in [4.69, 9.17) is 23.2 Å². The zero-order chi connectivity index (χ0) is 21.6. The lowest BCUT2D eigenvalue weighted by atomic mass is 9.85. The number of amides is 2. The minimum absolute atomic E-state index is 0.0124. The smallest absolute Gasteiger partial charge is 0.258 e. The van der Waals surface area contributed by atoms with E-state index in [1.807, 2.05) is 24.3 Å². The van der Waals surface area contributed by atoms with Gasteiger partial charge in [0.1, 0.15) is 11.3 Å². The lowest BCUT2D eigenvalue weighted by Crippen LogP contribution is -2.45. The highest BCUT2D eigenvalue weighted by Gasteiger charge is 2.57. The van der Waals surface area contributed by atoms with E-state index in [1.165, 1.54) is 6.92 Å². The van der Waals surface area contributed by atoms with Gasteiger partial charge in [-0.05, 0) is 41.5 Å². The van der Waals surface area contributed by atoms with Crippen LogP contribution < -0.4 is 5.32 Å². The summed E-state index contributed by atoms with van der Waals surface area (Å²) in [5, 5.41) is 15.0. The number of hydrogen-bond acceptors (Lipinski definition) is 3. The summed E-state index contributed by atoms with van der Waals surface area (Å²) in [7, 11) is 0. The maximum Gasteiger partial charge on any atom is 0.258 e. The third-order valence-corrected chi connectivity index (χ3v) is 6.57. The number of aliphatic hydroxyl groups is 1. The van der Waals surface area contributed by atoms with E-state index < -0.39 is 5.54 Å². The third kappa shape index (κ3) is 3.72. The van der Waals surface area contributed by atoms with Gasteiger partial charge in [0.2, 0.25) is 5.91 Å². The van der Waals surface area contributed by atoms with Crippen LogP contribution >= 0.6 is 39.1 Å². The largest absolute Gasteiger partial charge is 0.509 e. The number of halogens is 3. The molecule has 0 bridgehead atoms. The molecule has 2 aromatic carbocycles. The molecule has 156 valence electrons. The Bertz CT molecular complexity index is 1050. The minimum Gasteiger partial charge on any atom is -0.509 e. The van der Waals surface area contributed by atoms with Crippen molar-refractivity contribution in [2.75, 3.05) is 6.54 Å². The first-order chi connectivity index (χ1) is 14.2. The number of hydrogen-bond donors (Lipinski definition) is 2. The van der Waals surface area contributed by atoms with Crippen molar-refractivity contribution in [2.45, 2.75) is 31.3 Å². The summed E-state index contributed by atoms with van der Waals surface area (Å²) in [6, 6.07) is 12.3. The van der Waals surface area contributed by atoms with Gasteiger partial charge in [-0.2, -0.15) is 0 Å². The highest BCUT2D eigenvalue weighted by molar-refractivity contribution is 9.10.